The molecule has 2 unspecified atom stereocenters. The Hall–Kier alpha value is -0.480. The predicted molar refractivity (Wildman–Crippen MR) is 78.1 cm³/mol. The molecule has 0 aromatic heterocycles. The molecule has 0 aromatic carbocycles. The van der Waals surface area contributed by atoms with Crippen LogP contribution in [0.25, 0.3) is 0 Å². The fraction of sp³-hybridized carbons (Fsp3) is 0.857. The number of halogens is 2. The Balaban J connectivity index is 2.30. The molecule has 0 aliphatic heterocycles. The number of rotatable bonds is 6. The van der Waals surface area contributed by atoms with E-state index in [1.807, 2.05) is 13.8 Å². The molecular formula is C14H22Cl2O4. The van der Waals surface area contributed by atoms with Gasteiger partial charge in [0.15, 0.2) is 0 Å². The van der Waals surface area contributed by atoms with Gasteiger partial charge in [-0.25, -0.2) is 0 Å². The van der Waals surface area contributed by atoms with E-state index in [0.717, 1.165) is 0 Å². The van der Waals surface area contributed by atoms with E-state index in [1.165, 1.54) is 0 Å². The van der Waals surface area contributed by atoms with Gasteiger partial charge in [-0.2, -0.15) is 0 Å². The van der Waals surface area contributed by atoms with Crippen LogP contribution in [0, 0.1) is 0 Å². The van der Waals surface area contributed by atoms with Crippen molar-refractivity contribution in [3.05, 3.63) is 0 Å². The van der Waals surface area contributed by atoms with Crippen LogP contribution in [0.15, 0.2) is 0 Å². The second-order valence-electron chi connectivity index (χ2n) is 5.02. The minimum absolute atomic E-state index is 0.122. The van der Waals surface area contributed by atoms with Crippen LogP contribution < -0.4 is 0 Å². The molecule has 1 rings (SSSR count). The third kappa shape index (κ3) is 5.49. The Kier molecular flexibility index (Phi) is 7.67. The molecular weight excluding hydrogens is 303 g/mol. The highest BCUT2D eigenvalue weighted by molar-refractivity contribution is 6.30. The number of ether oxygens (including phenoxy) is 2. The largest absolute Gasteiger partial charge is 0.461 e. The topological polar surface area (TPSA) is 52.6 Å². The first-order valence-corrected chi connectivity index (χ1v) is 8.04. The van der Waals surface area contributed by atoms with E-state index in [2.05, 4.69) is 0 Å². The maximum atomic E-state index is 11.6. The number of hydrogen-bond donors (Lipinski definition) is 0. The number of esters is 2. The average Bonchev–Trinajstić information content (AvgIpc) is 2.47. The average molecular weight is 325 g/mol. The van der Waals surface area contributed by atoms with Crippen molar-refractivity contribution in [2.45, 2.75) is 75.3 Å². The van der Waals surface area contributed by atoms with Gasteiger partial charge in [-0.05, 0) is 38.5 Å². The van der Waals surface area contributed by atoms with Gasteiger partial charge in [-0.1, -0.05) is 13.8 Å². The van der Waals surface area contributed by atoms with Crippen LogP contribution in [0.5, 0.6) is 0 Å². The molecule has 6 heteroatoms. The number of carbonyl (C=O) groups is 2. The zero-order valence-corrected chi connectivity index (χ0v) is 13.5. The molecule has 0 N–H and O–H groups in total. The van der Waals surface area contributed by atoms with Crippen LogP contribution in [0.3, 0.4) is 0 Å². The van der Waals surface area contributed by atoms with Gasteiger partial charge >= 0.3 is 11.9 Å². The fourth-order valence-corrected chi connectivity index (χ4v) is 2.18. The Morgan fingerprint density at radius 2 is 1.20 bits per heavy atom. The summed E-state index contributed by atoms with van der Waals surface area (Å²) in [7, 11) is 0. The van der Waals surface area contributed by atoms with Crippen LogP contribution in [0.1, 0.15) is 52.4 Å². The zero-order chi connectivity index (χ0) is 15.1. The van der Waals surface area contributed by atoms with Crippen LogP contribution in [-0.4, -0.2) is 34.9 Å². The quantitative estimate of drug-likeness (QED) is 0.555. The summed E-state index contributed by atoms with van der Waals surface area (Å²) in [5.41, 5.74) is 0. The molecule has 116 valence electrons. The smallest absolute Gasteiger partial charge is 0.324 e. The Morgan fingerprint density at radius 3 is 1.45 bits per heavy atom. The molecule has 0 saturated heterocycles. The lowest BCUT2D eigenvalue weighted by Crippen LogP contribution is -2.33. The number of carbonyl (C=O) groups excluding carboxylic acids is 2. The molecule has 0 heterocycles. The first kappa shape index (κ1) is 17.6. The summed E-state index contributed by atoms with van der Waals surface area (Å²) in [6.07, 6.45) is 3.63. The minimum atomic E-state index is -0.577. The van der Waals surface area contributed by atoms with E-state index < -0.39 is 10.8 Å². The van der Waals surface area contributed by atoms with Gasteiger partial charge in [0.05, 0.1) is 0 Å². The molecule has 0 aromatic rings. The highest BCUT2D eigenvalue weighted by Gasteiger charge is 2.28. The third-order valence-corrected chi connectivity index (χ3v) is 4.39. The fourth-order valence-electron chi connectivity index (χ4n) is 2.08. The zero-order valence-electron chi connectivity index (χ0n) is 11.9. The summed E-state index contributed by atoms with van der Waals surface area (Å²) in [6.45, 7) is 3.68. The summed E-state index contributed by atoms with van der Waals surface area (Å²) in [4.78, 5) is 23.1. The van der Waals surface area contributed by atoms with Gasteiger partial charge in [0.2, 0.25) is 0 Å². The van der Waals surface area contributed by atoms with E-state index in [4.69, 9.17) is 32.7 Å². The van der Waals surface area contributed by atoms with Gasteiger partial charge in [-0.15, -0.1) is 23.2 Å². The lowest BCUT2D eigenvalue weighted by Gasteiger charge is -2.29. The summed E-state index contributed by atoms with van der Waals surface area (Å²) in [5.74, 6) is -0.720. The standard InChI is InChI=1S/C14H22Cl2O4/c1-3-11(15)13(17)19-9-5-7-10(8-6-9)20-14(18)12(16)4-2/h9-12H,3-8H2,1-2H3. The van der Waals surface area contributed by atoms with Gasteiger partial charge in [-0.3, -0.25) is 9.59 Å². The normalized spacial score (nSPS) is 25.6. The lowest BCUT2D eigenvalue weighted by molar-refractivity contribution is -0.157. The SMILES string of the molecule is CCC(Cl)C(=O)OC1CCC(OC(=O)C(Cl)CC)CC1. The van der Waals surface area contributed by atoms with E-state index in [-0.39, 0.29) is 24.1 Å². The van der Waals surface area contributed by atoms with Crippen molar-refractivity contribution >= 4 is 35.1 Å². The van der Waals surface area contributed by atoms with Crippen LogP contribution >= 0.6 is 23.2 Å². The molecule has 0 bridgehead atoms. The summed E-state index contributed by atoms with van der Waals surface area (Å²) >= 11 is 11.6. The van der Waals surface area contributed by atoms with Gasteiger partial charge in [0.25, 0.3) is 0 Å². The molecule has 1 fully saturated rings. The predicted octanol–water partition coefficient (Wildman–Crippen LogP) is 3.42. The molecule has 0 spiro atoms. The van der Waals surface area contributed by atoms with E-state index in [0.29, 0.717) is 38.5 Å². The summed E-state index contributed by atoms with van der Waals surface area (Å²) < 4.78 is 10.7. The second-order valence-corrected chi connectivity index (χ2v) is 6.08. The lowest BCUT2D eigenvalue weighted by atomic mass is 9.95. The molecule has 0 amide bonds. The first-order chi connectivity index (χ1) is 9.47. The molecule has 20 heavy (non-hydrogen) atoms. The van der Waals surface area contributed by atoms with E-state index in [1.54, 1.807) is 0 Å². The van der Waals surface area contributed by atoms with Crippen molar-refractivity contribution in [2.75, 3.05) is 0 Å². The summed E-state index contributed by atoms with van der Waals surface area (Å²) in [6, 6.07) is 0. The maximum Gasteiger partial charge on any atom is 0.324 e. The second kappa shape index (κ2) is 8.73. The van der Waals surface area contributed by atoms with E-state index >= 15 is 0 Å². The maximum absolute atomic E-state index is 11.6. The van der Waals surface area contributed by atoms with Crippen molar-refractivity contribution < 1.29 is 19.1 Å². The van der Waals surface area contributed by atoms with Gasteiger partial charge in [0.1, 0.15) is 23.0 Å². The Morgan fingerprint density at radius 1 is 0.900 bits per heavy atom. The van der Waals surface area contributed by atoms with Crippen molar-refractivity contribution in [3.63, 3.8) is 0 Å². The van der Waals surface area contributed by atoms with Crippen LogP contribution in [0.4, 0.5) is 0 Å². The van der Waals surface area contributed by atoms with Gasteiger partial charge < -0.3 is 9.47 Å². The molecule has 4 nitrogen and oxygen atoms in total. The Bertz CT molecular complexity index is 295. The molecule has 1 aliphatic carbocycles. The Labute approximate surface area is 130 Å². The third-order valence-electron chi connectivity index (χ3n) is 3.42. The molecule has 1 aliphatic rings. The van der Waals surface area contributed by atoms with E-state index in [9.17, 15) is 9.59 Å². The molecule has 1 saturated carbocycles. The van der Waals surface area contributed by atoms with Crippen molar-refractivity contribution in [1.29, 1.82) is 0 Å². The highest BCUT2D eigenvalue weighted by Crippen LogP contribution is 2.25. The minimum Gasteiger partial charge on any atom is -0.461 e. The summed E-state index contributed by atoms with van der Waals surface area (Å²) in [5, 5.41) is -1.15. The van der Waals surface area contributed by atoms with Crippen molar-refractivity contribution in [3.8, 4) is 0 Å². The molecule has 0 radical (unpaired) electrons. The van der Waals surface area contributed by atoms with Gasteiger partial charge in [0, 0.05) is 0 Å². The number of alkyl halides is 2. The number of hydrogen-bond acceptors (Lipinski definition) is 4. The first-order valence-electron chi connectivity index (χ1n) is 7.17. The van der Waals surface area contributed by atoms with Crippen molar-refractivity contribution in [1.82, 2.24) is 0 Å². The molecule has 2 atom stereocenters. The highest BCUT2D eigenvalue weighted by atomic mass is 35.5. The van der Waals surface area contributed by atoms with Crippen LogP contribution in [-0.2, 0) is 19.1 Å². The van der Waals surface area contributed by atoms with Crippen LogP contribution in [0.2, 0.25) is 0 Å². The van der Waals surface area contributed by atoms with Crippen molar-refractivity contribution in [2.24, 2.45) is 0 Å². The monoisotopic (exact) mass is 324 g/mol.